The van der Waals surface area contributed by atoms with Crippen LogP contribution in [0.1, 0.15) is 47.5 Å². The summed E-state index contributed by atoms with van der Waals surface area (Å²) in [5.41, 5.74) is 5.07. The van der Waals surface area contributed by atoms with Crippen LogP contribution in [0.5, 0.6) is 0 Å². The van der Waals surface area contributed by atoms with Crippen LogP contribution in [0.3, 0.4) is 0 Å². The second-order valence-corrected chi connectivity index (χ2v) is 5.11. The fourth-order valence-electron chi connectivity index (χ4n) is 2.56. The number of aryl methyl sites for hydroxylation is 3. The van der Waals surface area contributed by atoms with Crippen molar-refractivity contribution < 1.29 is 5.11 Å². The first-order valence-electron chi connectivity index (χ1n) is 6.81. The van der Waals surface area contributed by atoms with Gasteiger partial charge in [-0.05, 0) is 31.4 Å². The van der Waals surface area contributed by atoms with Gasteiger partial charge in [0.25, 0.3) is 0 Å². The highest BCUT2D eigenvalue weighted by Crippen LogP contribution is 2.27. The van der Waals surface area contributed by atoms with Crippen molar-refractivity contribution in [2.45, 2.75) is 39.7 Å². The Morgan fingerprint density at radius 1 is 1.32 bits per heavy atom. The largest absolute Gasteiger partial charge is 0.384 e. The Hall–Kier alpha value is -1.61. The molecule has 102 valence electrons. The van der Waals surface area contributed by atoms with Crippen LogP contribution in [-0.4, -0.2) is 14.9 Å². The van der Waals surface area contributed by atoms with Crippen LogP contribution in [0.2, 0.25) is 0 Å². The standard InChI is InChI=1S/C16H22N2O/c1-5-7-13-8-6-9-14(10-13)16(19)15-11(2)17-18(4)12(15)3/h6,8-10,16,19H,5,7H2,1-4H3. The maximum atomic E-state index is 10.6. The van der Waals surface area contributed by atoms with Crippen molar-refractivity contribution in [2.24, 2.45) is 7.05 Å². The Balaban J connectivity index is 2.38. The molecule has 0 saturated heterocycles. The lowest BCUT2D eigenvalue weighted by molar-refractivity contribution is 0.218. The van der Waals surface area contributed by atoms with E-state index in [9.17, 15) is 5.11 Å². The number of aliphatic hydroxyl groups is 1. The summed E-state index contributed by atoms with van der Waals surface area (Å²) < 4.78 is 1.82. The minimum absolute atomic E-state index is 0.592. The summed E-state index contributed by atoms with van der Waals surface area (Å²) in [5.74, 6) is 0. The van der Waals surface area contributed by atoms with Gasteiger partial charge in [0.15, 0.2) is 0 Å². The second-order valence-electron chi connectivity index (χ2n) is 5.11. The first kappa shape index (κ1) is 13.8. The zero-order valence-electron chi connectivity index (χ0n) is 12.1. The van der Waals surface area contributed by atoms with E-state index in [1.807, 2.05) is 37.7 Å². The predicted octanol–water partition coefficient (Wildman–Crippen LogP) is 3.07. The molecule has 1 N–H and O–H groups in total. The molecule has 0 aliphatic carbocycles. The molecule has 1 unspecified atom stereocenters. The van der Waals surface area contributed by atoms with Gasteiger partial charge in [-0.2, -0.15) is 5.10 Å². The molecule has 0 bridgehead atoms. The van der Waals surface area contributed by atoms with Gasteiger partial charge in [-0.1, -0.05) is 37.6 Å². The SMILES string of the molecule is CCCc1cccc(C(O)c2c(C)nn(C)c2C)c1. The molecule has 1 atom stereocenters. The highest BCUT2D eigenvalue weighted by molar-refractivity contribution is 5.36. The highest BCUT2D eigenvalue weighted by Gasteiger charge is 2.19. The third-order valence-corrected chi connectivity index (χ3v) is 3.64. The Labute approximate surface area is 114 Å². The molecule has 2 aromatic rings. The second kappa shape index (κ2) is 5.57. The van der Waals surface area contributed by atoms with E-state index in [-0.39, 0.29) is 0 Å². The normalized spacial score (nSPS) is 12.7. The highest BCUT2D eigenvalue weighted by atomic mass is 16.3. The van der Waals surface area contributed by atoms with E-state index in [2.05, 4.69) is 24.2 Å². The number of nitrogens with zero attached hydrogens (tertiary/aromatic N) is 2. The summed E-state index contributed by atoms with van der Waals surface area (Å²) in [4.78, 5) is 0. The van der Waals surface area contributed by atoms with Crippen molar-refractivity contribution >= 4 is 0 Å². The van der Waals surface area contributed by atoms with Crippen molar-refractivity contribution in [3.63, 3.8) is 0 Å². The molecule has 0 spiro atoms. The van der Waals surface area contributed by atoms with Crippen LogP contribution in [0, 0.1) is 13.8 Å². The van der Waals surface area contributed by atoms with Crippen molar-refractivity contribution in [3.8, 4) is 0 Å². The molecule has 0 fully saturated rings. The van der Waals surface area contributed by atoms with Gasteiger partial charge in [0.05, 0.1) is 5.69 Å². The van der Waals surface area contributed by atoms with E-state index >= 15 is 0 Å². The van der Waals surface area contributed by atoms with Crippen LogP contribution in [0.4, 0.5) is 0 Å². The fourth-order valence-corrected chi connectivity index (χ4v) is 2.56. The summed E-state index contributed by atoms with van der Waals surface area (Å²) >= 11 is 0. The Bertz CT molecular complexity index is 572. The minimum atomic E-state index is -0.592. The quantitative estimate of drug-likeness (QED) is 0.915. The lowest BCUT2D eigenvalue weighted by Gasteiger charge is -2.13. The van der Waals surface area contributed by atoms with E-state index in [1.54, 1.807) is 0 Å². The van der Waals surface area contributed by atoms with E-state index in [0.29, 0.717) is 0 Å². The molecule has 1 aromatic carbocycles. The zero-order valence-corrected chi connectivity index (χ0v) is 12.1. The topological polar surface area (TPSA) is 38.1 Å². The maximum Gasteiger partial charge on any atom is 0.108 e. The van der Waals surface area contributed by atoms with Gasteiger partial charge in [0.2, 0.25) is 0 Å². The third kappa shape index (κ3) is 2.71. The number of benzene rings is 1. The van der Waals surface area contributed by atoms with Crippen LogP contribution >= 0.6 is 0 Å². The minimum Gasteiger partial charge on any atom is -0.384 e. The van der Waals surface area contributed by atoms with Gasteiger partial charge in [-0.15, -0.1) is 0 Å². The molecule has 19 heavy (non-hydrogen) atoms. The zero-order chi connectivity index (χ0) is 14.0. The summed E-state index contributed by atoms with van der Waals surface area (Å²) in [6.45, 7) is 6.11. The van der Waals surface area contributed by atoms with E-state index in [0.717, 1.165) is 35.4 Å². The van der Waals surface area contributed by atoms with E-state index in [1.165, 1.54) is 5.56 Å². The van der Waals surface area contributed by atoms with Crippen LogP contribution in [-0.2, 0) is 13.5 Å². The Morgan fingerprint density at radius 3 is 2.63 bits per heavy atom. The van der Waals surface area contributed by atoms with Gasteiger partial charge in [0.1, 0.15) is 6.10 Å². The third-order valence-electron chi connectivity index (χ3n) is 3.64. The first-order chi connectivity index (χ1) is 9.04. The first-order valence-corrected chi connectivity index (χ1v) is 6.81. The van der Waals surface area contributed by atoms with Gasteiger partial charge in [-0.25, -0.2) is 0 Å². The summed E-state index contributed by atoms with van der Waals surface area (Å²) in [5, 5.41) is 15.0. The molecule has 3 nitrogen and oxygen atoms in total. The van der Waals surface area contributed by atoms with Gasteiger partial charge in [0, 0.05) is 18.3 Å². The monoisotopic (exact) mass is 258 g/mol. The lowest BCUT2D eigenvalue weighted by atomic mass is 9.97. The smallest absolute Gasteiger partial charge is 0.108 e. The predicted molar refractivity (Wildman–Crippen MR) is 77.2 cm³/mol. The summed E-state index contributed by atoms with van der Waals surface area (Å²) in [6.07, 6.45) is 1.57. The number of aliphatic hydroxyl groups excluding tert-OH is 1. The molecule has 0 aliphatic rings. The molecule has 2 rings (SSSR count). The number of rotatable bonds is 4. The Kier molecular flexibility index (Phi) is 4.05. The maximum absolute atomic E-state index is 10.6. The van der Waals surface area contributed by atoms with Crippen LogP contribution in [0.25, 0.3) is 0 Å². The van der Waals surface area contributed by atoms with Crippen LogP contribution in [0.15, 0.2) is 24.3 Å². The molecular formula is C16H22N2O. The van der Waals surface area contributed by atoms with E-state index in [4.69, 9.17) is 0 Å². The average Bonchev–Trinajstić information content (AvgIpc) is 2.63. The number of aromatic nitrogens is 2. The Morgan fingerprint density at radius 2 is 2.05 bits per heavy atom. The summed E-state index contributed by atoms with van der Waals surface area (Å²) in [6, 6.07) is 8.21. The van der Waals surface area contributed by atoms with Gasteiger partial charge >= 0.3 is 0 Å². The molecular weight excluding hydrogens is 236 g/mol. The molecule has 0 radical (unpaired) electrons. The van der Waals surface area contributed by atoms with E-state index < -0.39 is 6.10 Å². The average molecular weight is 258 g/mol. The lowest BCUT2D eigenvalue weighted by Crippen LogP contribution is -2.03. The molecule has 0 saturated carbocycles. The van der Waals surface area contributed by atoms with Crippen molar-refractivity contribution in [3.05, 3.63) is 52.3 Å². The molecule has 3 heteroatoms. The van der Waals surface area contributed by atoms with Gasteiger partial charge < -0.3 is 5.11 Å². The van der Waals surface area contributed by atoms with Crippen LogP contribution < -0.4 is 0 Å². The van der Waals surface area contributed by atoms with Crippen molar-refractivity contribution in [1.29, 1.82) is 0 Å². The van der Waals surface area contributed by atoms with Crippen molar-refractivity contribution in [1.82, 2.24) is 9.78 Å². The molecule has 1 heterocycles. The fraction of sp³-hybridized carbons (Fsp3) is 0.438. The number of hydrogen-bond donors (Lipinski definition) is 1. The summed E-state index contributed by atoms with van der Waals surface area (Å²) in [7, 11) is 1.91. The molecule has 0 amide bonds. The number of hydrogen-bond acceptors (Lipinski definition) is 2. The van der Waals surface area contributed by atoms with Gasteiger partial charge in [-0.3, -0.25) is 4.68 Å². The molecule has 0 aliphatic heterocycles. The molecule has 1 aromatic heterocycles. The van der Waals surface area contributed by atoms with Crippen molar-refractivity contribution in [2.75, 3.05) is 0 Å².